The van der Waals surface area contributed by atoms with Crippen molar-refractivity contribution in [3.63, 3.8) is 0 Å². The van der Waals surface area contributed by atoms with Crippen LogP contribution in [0.1, 0.15) is 35.9 Å². The van der Waals surface area contributed by atoms with Crippen molar-refractivity contribution >= 4 is 11.7 Å². The lowest BCUT2D eigenvalue weighted by Gasteiger charge is -2.01. The third kappa shape index (κ3) is 1.63. The number of anilines is 1. The maximum Gasteiger partial charge on any atom is 0.360 e. The van der Waals surface area contributed by atoms with Crippen molar-refractivity contribution in [1.82, 2.24) is 10.2 Å². The number of carbonyl (C=O) groups excluding carboxylic acids is 1. The lowest BCUT2D eigenvalue weighted by atomic mass is 10.1. The summed E-state index contributed by atoms with van der Waals surface area (Å²) in [7, 11) is 1.30. The zero-order valence-electron chi connectivity index (χ0n) is 7.92. The summed E-state index contributed by atoms with van der Waals surface area (Å²) in [5.41, 5.74) is 6.99. The van der Waals surface area contributed by atoms with E-state index in [0.29, 0.717) is 5.69 Å². The average Bonchev–Trinajstić information content (AvgIpc) is 2.46. The van der Waals surface area contributed by atoms with E-state index in [-0.39, 0.29) is 11.6 Å². The van der Waals surface area contributed by atoms with Gasteiger partial charge in [-0.15, -0.1) is 0 Å². The van der Waals surface area contributed by atoms with E-state index in [1.807, 2.05) is 13.8 Å². The van der Waals surface area contributed by atoms with E-state index >= 15 is 0 Å². The SMILES string of the molecule is COC(=O)c1n[nH]c(C(C)C)c1N. The summed E-state index contributed by atoms with van der Waals surface area (Å²) in [4.78, 5) is 11.1. The fraction of sp³-hybridized carbons (Fsp3) is 0.500. The molecule has 0 amide bonds. The highest BCUT2D eigenvalue weighted by Crippen LogP contribution is 2.22. The fourth-order valence-corrected chi connectivity index (χ4v) is 1.06. The van der Waals surface area contributed by atoms with Gasteiger partial charge in [-0.1, -0.05) is 13.8 Å². The predicted molar refractivity (Wildman–Crippen MR) is 48.4 cm³/mol. The predicted octanol–water partition coefficient (Wildman–Crippen LogP) is 0.902. The number of carbonyl (C=O) groups is 1. The normalized spacial score (nSPS) is 10.5. The van der Waals surface area contributed by atoms with Gasteiger partial charge in [-0.3, -0.25) is 5.10 Å². The van der Waals surface area contributed by atoms with E-state index in [0.717, 1.165) is 5.69 Å². The second-order valence-electron chi connectivity index (χ2n) is 3.05. The quantitative estimate of drug-likeness (QED) is 0.667. The molecule has 5 nitrogen and oxygen atoms in total. The Labute approximate surface area is 76.3 Å². The van der Waals surface area contributed by atoms with Crippen molar-refractivity contribution < 1.29 is 9.53 Å². The Bertz CT molecular complexity index is 317. The van der Waals surface area contributed by atoms with Gasteiger partial charge in [0.25, 0.3) is 0 Å². The number of aromatic nitrogens is 2. The highest BCUT2D eigenvalue weighted by atomic mass is 16.5. The molecular weight excluding hydrogens is 170 g/mol. The van der Waals surface area contributed by atoms with Crippen molar-refractivity contribution in [1.29, 1.82) is 0 Å². The van der Waals surface area contributed by atoms with Crippen LogP contribution in [-0.2, 0) is 4.74 Å². The molecule has 0 unspecified atom stereocenters. The smallest absolute Gasteiger partial charge is 0.360 e. The van der Waals surface area contributed by atoms with Gasteiger partial charge in [-0.05, 0) is 5.92 Å². The molecule has 0 saturated heterocycles. The minimum Gasteiger partial charge on any atom is -0.464 e. The van der Waals surface area contributed by atoms with Crippen LogP contribution in [0, 0.1) is 0 Å². The van der Waals surface area contributed by atoms with Crippen molar-refractivity contribution in [2.24, 2.45) is 0 Å². The van der Waals surface area contributed by atoms with E-state index in [4.69, 9.17) is 5.73 Å². The molecule has 3 N–H and O–H groups in total. The van der Waals surface area contributed by atoms with Crippen LogP contribution in [-0.4, -0.2) is 23.3 Å². The second-order valence-corrected chi connectivity index (χ2v) is 3.05. The van der Waals surface area contributed by atoms with Gasteiger partial charge in [0.15, 0.2) is 5.69 Å². The van der Waals surface area contributed by atoms with E-state index in [1.165, 1.54) is 7.11 Å². The Morgan fingerprint density at radius 2 is 2.23 bits per heavy atom. The van der Waals surface area contributed by atoms with Gasteiger partial charge in [-0.25, -0.2) is 4.79 Å². The third-order valence-electron chi connectivity index (χ3n) is 1.79. The number of nitrogens with zero attached hydrogens (tertiary/aromatic N) is 1. The van der Waals surface area contributed by atoms with Crippen molar-refractivity contribution in [2.75, 3.05) is 12.8 Å². The van der Waals surface area contributed by atoms with Crippen molar-refractivity contribution in [3.05, 3.63) is 11.4 Å². The molecule has 1 aromatic rings. The molecule has 0 saturated carbocycles. The summed E-state index contributed by atoms with van der Waals surface area (Å²) in [6.45, 7) is 3.93. The Morgan fingerprint density at radius 3 is 2.62 bits per heavy atom. The molecule has 1 heterocycles. The number of nitrogens with one attached hydrogen (secondary N) is 1. The molecule has 0 aliphatic heterocycles. The molecule has 0 radical (unpaired) electrons. The molecule has 0 bridgehead atoms. The Kier molecular flexibility index (Phi) is 2.55. The lowest BCUT2D eigenvalue weighted by molar-refractivity contribution is 0.0595. The van der Waals surface area contributed by atoms with Gasteiger partial charge >= 0.3 is 5.97 Å². The first-order valence-corrected chi connectivity index (χ1v) is 4.00. The van der Waals surface area contributed by atoms with Crippen molar-refractivity contribution in [2.45, 2.75) is 19.8 Å². The zero-order chi connectivity index (χ0) is 10.0. The van der Waals surface area contributed by atoms with Gasteiger partial charge in [0.05, 0.1) is 18.5 Å². The molecule has 1 aromatic heterocycles. The molecule has 0 spiro atoms. The molecule has 1 rings (SSSR count). The molecule has 0 aliphatic carbocycles. The number of hydrogen-bond donors (Lipinski definition) is 2. The number of nitrogen functional groups attached to an aromatic ring is 1. The first kappa shape index (κ1) is 9.57. The van der Waals surface area contributed by atoms with Gasteiger partial charge in [0, 0.05) is 0 Å². The standard InChI is InChI=1S/C8H13N3O2/c1-4(2)6-5(9)7(11-10-6)8(12)13-3/h4H,9H2,1-3H3,(H,10,11). The lowest BCUT2D eigenvalue weighted by Crippen LogP contribution is -2.05. The molecule has 72 valence electrons. The highest BCUT2D eigenvalue weighted by molar-refractivity contribution is 5.93. The molecule has 5 heteroatoms. The molecule has 0 aromatic carbocycles. The summed E-state index contributed by atoms with van der Waals surface area (Å²) in [6, 6.07) is 0. The number of aromatic amines is 1. The minimum absolute atomic E-state index is 0.159. The molecule has 0 aliphatic rings. The van der Waals surface area contributed by atoms with Gasteiger partial charge in [0.2, 0.25) is 0 Å². The van der Waals surface area contributed by atoms with E-state index in [1.54, 1.807) is 0 Å². The fourth-order valence-electron chi connectivity index (χ4n) is 1.06. The first-order valence-electron chi connectivity index (χ1n) is 4.00. The Morgan fingerprint density at radius 1 is 1.62 bits per heavy atom. The Balaban J connectivity index is 3.06. The number of rotatable bonds is 2. The second kappa shape index (κ2) is 3.47. The number of nitrogens with two attached hydrogens (primary N) is 1. The number of hydrogen-bond acceptors (Lipinski definition) is 4. The van der Waals surface area contributed by atoms with Crippen LogP contribution in [0.2, 0.25) is 0 Å². The molecular formula is C8H13N3O2. The molecule has 13 heavy (non-hydrogen) atoms. The summed E-state index contributed by atoms with van der Waals surface area (Å²) in [6.07, 6.45) is 0. The van der Waals surface area contributed by atoms with Crippen LogP contribution in [0.25, 0.3) is 0 Å². The topological polar surface area (TPSA) is 81.0 Å². The number of ether oxygens (including phenoxy) is 1. The number of H-pyrrole nitrogens is 1. The highest BCUT2D eigenvalue weighted by Gasteiger charge is 2.18. The summed E-state index contributed by atoms with van der Waals surface area (Å²) in [5, 5.41) is 6.50. The molecule has 0 atom stereocenters. The van der Waals surface area contributed by atoms with Gasteiger partial charge in [0.1, 0.15) is 0 Å². The van der Waals surface area contributed by atoms with Gasteiger partial charge < -0.3 is 10.5 Å². The summed E-state index contributed by atoms with van der Waals surface area (Å²) >= 11 is 0. The summed E-state index contributed by atoms with van der Waals surface area (Å²) in [5.74, 6) is -0.299. The maximum atomic E-state index is 11.1. The van der Waals surface area contributed by atoms with Crippen LogP contribution in [0.3, 0.4) is 0 Å². The maximum absolute atomic E-state index is 11.1. The first-order chi connectivity index (χ1) is 6.07. The number of methoxy groups -OCH3 is 1. The van der Waals surface area contributed by atoms with E-state index in [9.17, 15) is 4.79 Å². The minimum atomic E-state index is -0.513. The van der Waals surface area contributed by atoms with Crippen LogP contribution in [0.5, 0.6) is 0 Å². The van der Waals surface area contributed by atoms with Crippen molar-refractivity contribution in [3.8, 4) is 0 Å². The summed E-state index contributed by atoms with van der Waals surface area (Å²) < 4.78 is 4.51. The van der Waals surface area contributed by atoms with Crippen LogP contribution in [0.4, 0.5) is 5.69 Å². The van der Waals surface area contributed by atoms with E-state index < -0.39 is 5.97 Å². The van der Waals surface area contributed by atoms with Gasteiger partial charge in [-0.2, -0.15) is 5.10 Å². The van der Waals surface area contributed by atoms with Crippen LogP contribution < -0.4 is 5.73 Å². The third-order valence-corrected chi connectivity index (χ3v) is 1.79. The average molecular weight is 183 g/mol. The van der Waals surface area contributed by atoms with Crippen LogP contribution in [0.15, 0.2) is 0 Å². The zero-order valence-corrected chi connectivity index (χ0v) is 7.92. The Hall–Kier alpha value is -1.52. The largest absolute Gasteiger partial charge is 0.464 e. The van der Waals surface area contributed by atoms with E-state index in [2.05, 4.69) is 14.9 Å². The number of esters is 1. The monoisotopic (exact) mass is 183 g/mol. The van der Waals surface area contributed by atoms with Crippen LogP contribution >= 0.6 is 0 Å². The molecule has 0 fully saturated rings.